The van der Waals surface area contributed by atoms with Gasteiger partial charge in [0.2, 0.25) is 0 Å². The summed E-state index contributed by atoms with van der Waals surface area (Å²) in [5.74, 6) is 1.50. The molecule has 0 amide bonds. The Kier molecular flexibility index (Phi) is 5.16. The SMILES string of the molecule is CCCn1ncnc1COc1c(Cl)cc(C=O)cc1OC. The van der Waals surface area contributed by atoms with Gasteiger partial charge in [-0.25, -0.2) is 9.67 Å². The van der Waals surface area contributed by atoms with Gasteiger partial charge in [-0.15, -0.1) is 0 Å². The lowest BCUT2D eigenvalue weighted by atomic mass is 10.2. The average Bonchev–Trinajstić information content (AvgIpc) is 2.93. The second-order valence-corrected chi connectivity index (χ2v) is 4.75. The molecule has 0 fully saturated rings. The summed E-state index contributed by atoms with van der Waals surface area (Å²) in [4.78, 5) is 15.0. The molecule has 0 aliphatic rings. The second-order valence-electron chi connectivity index (χ2n) is 4.34. The number of hydrogen-bond donors (Lipinski definition) is 0. The molecule has 0 spiro atoms. The lowest BCUT2D eigenvalue weighted by Crippen LogP contribution is -2.09. The molecule has 2 aromatic rings. The molecule has 0 unspecified atom stereocenters. The van der Waals surface area contributed by atoms with E-state index in [1.54, 1.807) is 10.7 Å². The van der Waals surface area contributed by atoms with E-state index in [0.29, 0.717) is 34.2 Å². The predicted octanol–water partition coefficient (Wildman–Crippen LogP) is 2.74. The molecule has 1 aromatic carbocycles. The van der Waals surface area contributed by atoms with E-state index in [0.717, 1.165) is 13.0 Å². The molecule has 0 bridgehead atoms. The van der Waals surface area contributed by atoms with E-state index in [9.17, 15) is 4.79 Å². The number of aldehydes is 1. The maximum Gasteiger partial charge on any atom is 0.180 e. The number of halogens is 1. The average molecular weight is 310 g/mol. The van der Waals surface area contributed by atoms with Gasteiger partial charge in [-0.3, -0.25) is 4.79 Å². The van der Waals surface area contributed by atoms with Crippen LogP contribution >= 0.6 is 11.6 Å². The van der Waals surface area contributed by atoms with Crippen molar-refractivity contribution in [3.63, 3.8) is 0 Å². The van der Waals surface area contributed by atoms with E-state index in [1.807, 2.05) is 0 Å². The van der Waals surface area contributed by atoms with Gasteiger partial charge in [0.15, 0.2) is 17.3 Å². The molecule has 0 aliphatic carbocycles. The van der Waals surface area contributed by atoms with Crippen LogP contribution in [0.1, 0.15) is 29.5 Å². The number of aromatic nitrogens is 3. The zero-order chi connectivity index (χ0) is 15.2. The monoisotopic (exact) mass is 309 g/mol. The van der Waals surface area contributed by atoms with E-state index < -0.39 is 0 Å². The minimum absolute atomic E-state index is 0.219. The highest BCUT2D eigenvalue weighted by molar-refractivity contribution is 6.32. The van der Waals surface area contributed by atoms with Crippen LogP contribution in [0.5, 0.6) is 11.5 Å². The predicted molar refractivity (Wildman–Crippen MR) is 78.0 cm³/mol. The maximum absolute atomic E-state index is 10.8. The lowest BCUT2D eigenvalue weighted by Gasteiger charge is -2.13. The van der Waals surface area contributed by atoms with E-state index in [4.69, 9.17) is 21.1 Å². The molecule has 0 N–H and O–H groups in total. The first-order chi connectivity index (χ1) is 10.2. The van der Waals surface area contributed by atoms with Crippen molar-refractivity contribution >= 4 is 17.9 Å². The van der Waals surface area contributed by atoms with Crippen LogP contribution in [0.2, 0.25) is 5.02 Å². The molecule has 0 saturated heterocycles. The highest BCUT2D eigenvalue weighted by atomic mass is 35.5. The maximum atomic E-state index is 10.8. The summed E-state index contributed by atoms with van der Waals surface area (Å²) in [6, 6.07) is 3.11. The molecule has 7 heteroatoms. The number of nitrogens with zero attached hydrogens (tertiary/aromatic N) is 3. The van der Waals surface area contributed by atoms with E-state index in [2.05, 4.69) is 17.0 Å². The van der Waals surface area contributed by atoms with Crippen LogP contribution < -0.4 is 9.47 Å². The van der Waals surface area contributed by atoms with Gasteiger partial charge >= 0.3 is 0 Å². The summed E-state index contributed by atoms with van der Waals surface area (Å²) in [6.45, 7) is 3.05. The molecular weight excluding hydrogens is 294 g/mol. The van der Waals surface area contributed by atoms with Gasteiger partial charge in [0.1, 0.15) is 19.2 Å². The van der Waals surface area contributed by atoms with Crippen LogP contribution in [-0.2, 0) is 13.2 Å². The number of aryl methyl sites for hydroxylation is 1. The van der Waals surface area contributed by atoms with Crippen molar-refractivity contribution in [3.8, 4) is 11.5 Å². The molecular formula is C14H16ClN3O3. The van der Waals surface area contributed by atoms with Crippen molar-refractivity contribution in [2.24, 2.45) is 0 Å². The zero-order valence-corrected chi connectivity index (χ0v) is 12.6. The number of methoxy groups -OCH3 is 1. The Morgan fingerprint density at radius 1 is 1.43 bits per heavy atom. The highest BCUT2D eigenvalue weighted by Crippen LogP contribution is 2.36. The molecule has 1 heterocycles. The van der Waals surface area contributed by atoms with E-state index >= 15 is 0 Å². The molecule has 112 valence electrons. The van der Waals surface area contributed by atoms with Crippen LogP contribution in [0.15, 0.2) is 18.5 Å². The second kappa shape index (κ2) is 7.08. The van der Waals surface area contributed by atoms with Crippen LogP contribution in [0, 0.1) is 0 Å². The fourth-order valence-corrected chi connectivity index (χ4v) is 2.16. The van der Waals surface area contributed by atoms with Gasteiger partial charge in [0.05, 0.1) is 12.1 Å². The Balaban J connectivity index is 2.19. The minimum Gasteiger partial charge on any atom is -0.493 e. The number of hydrogen-bond acceptors (Lipinski definition) is 5. The smallest absolute Gasteiger partial charge is 0.180 e. The first-order valence-electron chi connectivity index (χ1n) is 6.51. The minimum atomic E-state index is 0.219. The number of carbonyl (C=O) groups excluding carboxylic acids is 1. The van der Waals surface area contributed by atoms with Crippen molar-refractivity contribution in [3.05, 3.63) is 34.9 Å². The molecule has 0 atom stereocenters. The van der Waals surface area contributed by atoms with E-state index in [1.165, 1.54) is 19.5 Å². The number of carbonyl (C=O) groups is 1. The van der Waals surface area contributed by atoms with Crippen molar-refractivity contribution in [2.75, 3.05) is 7.11 Å². The van der Waals surface area contributed by atoms with Gasteiger partial charge in [0.25, 0.3) is 0 Å². The molecule has 1 aromatic heterocycles. The quantitative estimate of drug-likeness (QED) is 0.736. The molecule has 0 radical (unpaired) electrons. The number of rotatable bonds is 7. The summed E-state index contributed by atoms with van der Waals surface area (Å²) in [5.41, 5.74) is 0.429. The summed E-state index contributed by atoms with van der Waals surface area (Å²) in [5, 5.41) is 4.44. The van der Waals surface area contributed by atoms with Gasteiger partial charge in [-0.2, -0.15) is 5.10 Å². The van der Waals surface area contributed by atoms with Crippen molar-refractivity contribution in [1.29, 1.82) is 0 Å². The fourth-order valence-electron chi connectivity index (χ4n) is 1.88. The standard InChI is InChI=1S/C14H16ClN3O3/c1-3-4-18-13(16-9-17-18)8-21-14-11(15)5-10(7-19)6-12(14)20-2/h5-7,9H,3-4,8H2,1-2H3. The Morgan fingerprint density at radius 3 is 2.90 bits per heavy atom. The third-order valence-electron chi connectivity index (χ3n) is 2.86. The van der Waals surface area contributed by atoms with Gasteiger partial charge < -0.3 is 9.47 Å². The Hall–Kier alpha value is -2.08. The first-order valence-corrected chi connectivity index (χ1v) is 6.89. The number of benzene rings is 1. The topological polar surface area (TPSA) is 66.2 Å². The Bertz CT molecular complexity index is 628. The van der Waals surface area contributed by atoms with Gasteiger partial charge in [-0.05, 0) is 18.6 Å². The molecule has 0 saturated carbocycles. The van der Waals surface area contributed by atoms with Crippen molar-refractivity contribution in [1.82, 2.24) is 14.8 Å². The summed E-state index contributed by atoms with van der Waals surface area (Å²) >= 11 is 6.13. The normalized spacial score (nSPS) is 10.4. The van der Waals surface area contributed by atoms with E-state index in [-0.39, 0.29) is 6.61 Å². The third kappa shape index (κ3) is 3.52. The van der Waals surface area contributed by atoms with Crippen LogP contribution in [0.4, 0.5) is 0 Å². The van der Waals surface area contributed by atoms with Crippen molar-refractivity contribution in [2.45, 2.75) is 26.5 Å². The molecule has 2 rings (SSSR count). The van der Waals surface area contributed by atoms with Crippen LogP contribution in [0.25, 0.3) is 0 Å². The van der Waals surface area contributed by atoms with Crippen LogP contribution in [0.3, 0.4) is 0 Å². The number of ether oxygens (including phenoxy) is 2. The molecule has 21 heavy (non-hydrogen) atoms. The third-order valence-corrected chi connectivity index (χ3v) is 3.15. The van der Waals surface area contributed by atoms with Gasteiger partial charge in [0, 0.05) is 12.1 Å². The van der Waals surface area contributed by atoms with Gasteiger partial charge in [-0.1, -0.05) is 18.5 Å². The molecule has 0 aliphatic heterocycles. The highest BCUT2D eigenvalue weighted by Gasteiger charge is 2.13. The van der Waals surface area contributed by atoms with Crippen LogP contribution in [-0.4, -0.2) is 28.2 Å². The van der Waals surface area contributed by atoms with Crippen molar-refractivity contribution < 1.29 is 14.3 Å². The Labute approximate surface area is 127 Å². The largest absolute Gasteiger partial charge is 0.493 e. The summed E-state index contributed by atoms with van der Waals surface area (Å²) in [7, 11) is 1.49. The fraction of sp³-hybridized carbons (Fsp3) is 0.357. The summed E-state index contributed by atoms with van der Waals surface area (Å²) in [6.07, 6.45) is 3.15. The zero-order valence-electron chi connectivity index (χ0n) is 11.9. The molecule has 6 nitrogen and oxygen atoms in total. The lowest BCUT2D eigenvalue weighted by molar-refractivity contribution is 0.112. The Morgan fingerprint density at radius 2 is 2.24 bits per heavy atom. The first kappa shape index (κ1) is 15.3. The summed E-state index contributed by atoms with van der Waals surface area (Å²) < 4.78 is 12.7.